The van der Waals surface area contributed by atoms with Gasteiger partial charge < -0.3 is 4.74 Å². The zero-order valence-electron chi connectivity index (χ0n) is 10.9. The van der Waals surface area contributed by atoms with Crippen LogP contribution in [0.15, 0.2) is 36.4 Å². The van der Waals surface area contributed by atoms with Crippen LogP contribution >= 0.6 is 23.2 Å². The van der Waals surface area contributed by atoms with Crippen LogP contribution in [0.25, 0.3) is 0 Å². The molecule has 0 aliphatic heterocycles. The maximum absolute atomic E-state index is 13.3. The molecule has 22 heavy (non-hydrogen) atoms. The Morgan fingerprint density at radius 1 is 1.18 bits per heavy atom. The summed E-state index contributed by atoms with van der Waals surface area (Å²) in [5.41, 5.74) is 0.327. The molecule has 0 N–H and O–H groups in total. The molecule has 0 bridgehead atoms. The first kappa shape index (κ1) is 16.2. The van der Waals surface area contributed by atoms with Gasteiger partial charge in [0.05, 0.1) is 20.5 Å². The molecule has 0 heterocycles. The average molecular weight is 344 g/mol. The largest absolute Gasteiger partial charge is 0.457 e. The Kier molecular flexibility index (Phi) is 4.95. The highest BCUT2D eigenvalue weighted by Gasteiger charge is 2.16. The molecule has 114 valence electrons. The van der Waals surface area contributed by atoms with E-state index in [4.69, 9.17) is 27.9 Å². The van der Waals surface area contributed by atoms with Gasteiger partial charge in [0.2, 0.25) is 0 Å². The third-order valence-electron chi connectivity index (χ3n) is 2.75. The fraction of sp³-hybridized carbons (Fsp3) is 0.0714. The molecule has 5 nitrogen and oxygen atoms in total. The van der Waals surface area contributed by atoms with Crippen molar-refractivity contribution in [3.8, 4) is 0 Å². The molecular weight excluding hydrogens is 336 g/mol. The first-order valence-electron chi connectivity index (χ1n) is 5.93. The lowest BCUT2D eigenvalue weighted by Crippen LogP contribution is -2.06. The quantitative estimate of drug-likeness (QED) is 0.357. The lowest BCUT2D eigenvalue weighted by atomic mass is 10.2. The van der Waals surface area contributed by atoms with E-state index in [1.54, 1.807) is 0 Å². The topological polar surface area (TPSA) is 69.4 Å². The molecule has 0 fully saturated rings. The molecular formula is C14H8Cl2FNO4. The number of non-ortho nitro benzene ring substituents is 1. The third-order valence-corrected chi connectivity index (χ3v) is 3.35. The molecule has 0 aromatic heterocycles. The first-order chi connectivity index (χ1) is 10.4. The van der Waals surface area contributed by atoms with E-state index >= 15 is 0 Å². The average Bonchev–Trinajstić information content (AvgIpc) is 2.49. The summed E-state index contributed by atoms with van der Waals surface area (Å²) in [4.78, 5) is 21.8. The molecule has 0 radical (unpaired) electrons. The van der Waals surface area contributed by atoms with Crippen molar-refractivity contribution in [3.05, 3.63) is 73.5 Å². The number of benzene rings is 2. The van der Waals surface area contributed by atoms with Gasteiger partial charge in [-0.15, -0.1) is 0 Å². The normalized spacial score (nSPS) is 10.3. The SMILES string of the molecule is O=C(OCc1ccc([N+](=O)[O-])cc1)c1cc(F)c(Cl)cc1Cl. The molecule has 8 heteroatoms. The van der Waals surface area contributed by atoms with Crippen molar-refractivity contribution in [2.24, 2.45) is 0 Å². The minimum atomic E-state index is -0.820. The molecule has 0 amide bonds. The summed E-state index contributed by atoms with van der Waals surface area (Å²) in [6.07, 6.45) is 0. The molecule has 0 saturated heterocycles. The van der Waals surface area contributed by atoms with Crippen LogP contribution in [0, 0.1) is 15.9 Å². The van der Waals surface area contributed by atoms with Crippen molar-refractivity contribution in [3.63, 3.8) is 0 Å². The summed E-state index contributed by atoms with van der Waals surface area (Å²) >= 11 is 11.3. The number of nitrogens with zero attached hydrogens (tertiary/aromatic N) is 1. The van der Waals surface area contributed by atoms with Gasteiger partial charge in [-0.05, 0) is 29.8 Å². The number of rotatable bonds is 4. The smallest absolute Gasteiger partial charge is 0.340 e. The van der Waals surface area contributed by atoms with Crippen LogP contribution < -0.4 is 0 Å². The molecule has 0 aliphatic rings. The third kappa shape index (κ3) is 3.72. The summed E-state index contributed by atoms with van der Waals surface area (Å²) in [7, 11) is 0. The number of hydrogen-bond acceptors (Lipinski definition) is 4. The number of nitro benzene ring substituents is 1. The van der Waals surface area contributed by atoms with Gasteiger partial charge in [0.25, 0.3) is 5.69 Å². The van der Waals surface area contributed by atoms with Crippen molar-refractivity contribution in [1.29, 1.82) is 0 Å². The van der Waals surface area contributed by atoms with Gasteiger partial charge in [-0.1, -0.05) is 23.2 Å². The predicted molar refractivity (Wildman–Crippen MR) is 78.6 cm³/mol. The van der Waals surface area contributed by atoms with E-state index in [-0.39, 0.29) is 27.9 Å². The Morgan fingerprint density at radius 2 is 1.82 bits per heavy atom. The Balaban J connectivity index is 2.07. The standard InChI is InChI=1S/C14H8Cl2FNO4/c15-11-6-12(16)13(17)5-10(11)14(19)22-7-8-1-3-9(4-2-8)18(20)21/h1-6H,7H2. The second-order valence-corrected chi connectivity index (χ2v) is 5.06. The Bertz CT molecular complexity index is 734. The lowest BCUT2D eigenvalue weighted by Gasteiger charge is -2.07. The molecule has 0 spiro atoms. The summed E-state index contributed by atoms with van der Waals surface area (Å²) in [5.74, 6) is -1.60. The second-order valence-electron chi connectivity index (χ2n) is 4.25. The molecule has 0 unspecified atom stereocenters. The fourth-order valence-electron chi connectivity index (χ4n) is 1.62. The number of halogens is 3. The number of carbonyl (C=O) groups is 1. The molecule has 0 aliphatic carbocycles. The van der Waals surface area contributed by atoms with Crippen molar-refractivity contribution in [2.45, 2.75) is 6.61 Å². The van der Waals surface area contributed by atoms with Gasteiger partial charge in [0.15, 0.2) is 0 Å². The van der Waals surface area contributed by atoms with E-state index in [2.05, 4.69) is 0 Å². The monoisotopic (exact) mass is 343 g/mol. The summed E-state index contributed by atoms with van der Waals surface area (Å²) in [6, 6.07) is 7.49. The molecule has 0 saturated carbocycles. The van der Waals surface area contributed by atoms with E-state index in [0.717, 1.165) is 12.1 Å². The number of nitro groups is 1. The number of hydrogen-bond donors (Lipinski definition) is 0. The van der Waals surface area contributed by atoms with Gasteiger partial charge in [0.1, 0.15) is 12.4 Å². The zero-order chi connectivity index (χ0) is 16.3. The van der Waals surface area contributed by atoms with E-state index in [0.29, 0.717) is 5.56 Å². The Hall–Kier alpha value is -2.18. The minimum Gasteiger partial charge on any atom is -0.457 e. The van der Waals surface area contributed by atoms with E-state index in [1.165, 1.54) is 24.3 Å². The van der Waals surface area contributed by atoms with Gasteiger partial charge in [-0.2, -0.15) is 0 Å². The highest BCUT2D eigenvalue weighted by Crippen LogP contribution is 2.25. The molecule has 2 aromatic carbocycles. The van der Waals surface area contributed by atoms with Crippen LogP contribution in [0.2, 0.25) is 10.0 Å². The van der Waals surface area contributed by atoms with Crippen LogP contribution in [0.1, 0.15) is 15.9 Å². The van der Waals surface area contributed by atoms with Crippen molar-refractivity contribution in [1.82, 2.24) is 0 Å². The van der Waals surface area contributed by atoms with Gasteiger partial charge in [-0.25, -0.2) is 9.18 Å². The maximum Gasteiger partial charge on any atom is 0.340 e. The van der Waals surface area contributed by atoms with Gasteiger partial charge >= 0.3 is 5.97 Å². The number of carbonyl (C=O) groups excluding carboxylic acids is 1. The summed E-state index contributed by atoms with van der Waals surface area (Å²) in [6.45, 7) is -0.128. The van der Waals surface area contributed by atoms with Crippen molar-refractivity contribution < 1.29 is 18.8 Å². The van der Waals surface area contributed by atoms with E-state index in [1.807, 2.05) is 0 Å². The summed E-state index contributed by atoms with van der Waals surface area (Å²) in [5, 5.41) is 10.3. The van der Waals surface area contributed by atoms with Crippen LogP contribution in [0.5, 0.6) is 0 Å². The highest BCUT2D eigenvalue weighted by atomic mass is 35.5. The van der Waals surface area contributed by atoms with E-state index < -0.39 is 16.7 Å². The number of esters is 1. The zero-order valence-corrected chi connectivity index (χ0v) is 12.4. The van der Waals surface area contributed by atoms with Crippen LogP contribution in [0.4, 0.5) is 10.1 Å². The van der Waals surface area contributed by atoms with Crippen molar-refractivity contribution >= 4 is 34.9 Å². The fourth-order valence-corrected chi connectivity index (χ4v) is 2.08. The van der Waals surface area contributed by atoms with Crippen LogP contribution in [0.3, 0.4) is 0 Å². The molecule has 0 atom stereocenters. The van der Waals surface area contributed by atoms with Crippen molar-refractivity contribution in [2.75, 3.05) is 0 Å². The minimum absolute atomic E-state index is 0.0277. The van der Waals surface area contributed by atoms with Gasteiger partial charge in [0, 0.05) is 12.1 Å². The maximum atomic E-state index is 13.3. The van der Waals surface area contributed by atoms with E-state index in [9.17, 15) is 19.3 Å². The predicted octanol–water partition coefficient (Wildman–Crippen LogP) is 4.40. The Labute approximate surface area is 134 Å². The highest BCUT2D eigenvalue weighted by molar-refractivity contribution is 6.36. The Morgan fingerprint density at radius 3 is 2.41 bits per heavy atom. The van der Waals surface area contributed by atoms with Crippen LogP contribution in [-0.4, -0.2) is 10.9 Å². The summed E-state index contributed by atoms with van der Waals surface area (Å²) < 4.78 is 18.3. The molecule has 2 aromatic rings. The second kappa shape index (κ2) is 6.72. The molecule has 2 rings (SSSR count). The first-order valence-corrected chi connectivity index (χ1v) is 6.69. The lowest BCUT2D eigenvalue weighted by molar-refractivity contribution is -0.384. The number of ether oxygens (including phenoxy) is 1. The van der Waals surface area contributed by atoms with Crippen LogP contribution in [-0.2, 0) is 11.3 Å². The van der Waals surface area contributed by atoms with Gasteiger partial charge in [-0.3, -0.25) is 10.1 Å².